The number of carbonyl (C=O) groups is 1. The van der Waals surface area contributed by atoms with Crippen LogP contribution in [0.5, 0.6) is 0 Å². The van der Waals surface area contributed by atoms with Crippen LogP contribution >= 0.6 is 11.6 Å². The summed E-state index contributed by atoms with van der Waals surface area (Å²) in [7, 11) is 1.97. The van der Waals surface area contributed by atoms with Gasteiger partial charge in [0.1, 0.15) is 11.6 Å². The van der Waals surface area contributed by atoms with Gasteiger partial charge in [-0.15, -0.1) is 0 Å². The predicted octanol–water partition coefficient (Wildman–Crippen LogP) is 3.39. The maximum atomic E-state index is 13.3. The normalized spacial score (nSPS) is 17.4. The molecule has 1 aromatic carbocycles. The highest BCUT2D eigenvalue weighted by Gasteiger charge is 2.31. The first-order chi connectivity index (χ1) is 12.0. The van der Waals surface area contributed by atoms with Gasteiger partial charge in [0, 0.05) is 37.8 Å². The summed E-state index contributed by atoms with van der Waals surface area (Å²) in [6.45, 7) is 1.22. The van der Waals surface area contributed by atoms with Crippen molar-refractivity contribution in [3.05, 3.63) is 58.9 Å². The molecule has 25 heavy (non-hydrogen) atoms. The Labute approximate surface area is 149 Å². The highest BCUT2D eigenvalue weighted by atomic mass is 35.5. The first kappa shape index (κ1) is 16.0. The Balaban J connectivity index is 1.57. The standard InChI is InChI=1S/C18H16ClFN4O/c1-23-16-9-21-6-4-15(16)22-17(23)12-5-7-24(10-12)18(25)11-2-3-14(20)13(19)8-11/h2-4,6,8-9,12H,5,7,10H2,1H3/t12-/m0/s1. The molecule has 1 aliphatic heterocycles. The maximum Gasteiger partial charge on any atom is 0.253 e. The van der Waals surface area contributed by atoms with Gasteiger partial charge in [-0.25, -0.2) is 9.37 Å². The Morgan fingerprint density at radius 1 is 1.36 bits per heavy atom. The summed E-state index contributed by atoms with van der Waals surface area (Å²) in [6, 6.07) is 5.96. The monoisotopic (exact) mass is 358 g/mol. The molecule has 128 valence electrons. The van der Waals surface area contributed by atoms with E-state index in [4.69, 9.17) is 16.6 Å². The molecule has 0 aliphatic carbocycles. The van der Waals surface area contributed by atoms with Gasteiger partial charge in [0.2, 0.25) is 0 Å². The fourth-order valence-electron chi connectivity index (χ4n) is 3.39. The third kappa shape index (κ3) is 2.76. The maximum absolute atomic E-state index is 13.3. The quantitative estimate of drug-likeness (QED) is 0.705. The van der Waals surface area contributed by atoms with E-state index in [1.807, 2.05) is 17.7 Å². The lowest BCUT2D eigenvalue weighted by Crippen LogP contribution is -2.28. The van der Waals surface area contributed by atoms with E-state index >= 15 is 0 Å². The van der Waals surface area contributed by atoms with Crippen LogP contribution in [0, 0.1) is 5.82 Å². The minimum atomic E-state index is -0.522. The van der Waals surface area contributed by atoms with Gasteiger partial charge in [0.25, 0.3) is 5.91 Å². The average molecular weight is 359 g/mol. The number of nitrogens with zero attached hydrogens (tertiary/aromatic N) is 4. The van der Waals surface area contributed by atoms with Gasteiger partial charge < -0.3 is 9.47 Å². The summed E-state index contributed by atoms with van der Waals surface area (Å²) in [5.41, 5.74) is 2.29. The second-order valence-electron chi connectivity index (χ2n) is 6.26. The number of halogens is 2. The molecule has 1 aliphatic rings. The number of likely N-dealkylation sites (tertiary alicyclic amines) is 1. The van der Waals surface area contributed by atoms with Crippen LogP contribution in [0.4, 0.5) is 4.39 Å². The van der Waals surface area contributed by atoms with Gasteiger partial charge in [0.15, 0.2) is 0 Å². The van der Waals surface area contributed by atoms with Crippen LogP contribution < -0.4 is 0 Å². The van der Waals surface area contributed by atoms with Crippen molar-refractivity contribution in [1.29, 1.82) is 0 Å². The molecule has 0 bridgehead atoms. The molecule has 3 heterocycles. The molecule has 3 aromatic rings. The molecule has 0 radical (unpaired) electrons. The molecule has 0 spiro atoms. The van der Waals surface area contributed by atoms with Crippen molar-refractivity contribution in [3.63, 3.8) is 0 Å². The predicted molar refractivity (Wildman–Crippen MR) is 93.2 cm³/mol. The lowest BCUT2D eigenvalue weighted by atomic mass is 10.1. The van der Waals surface area contributed by atoms with Crippen molar-refractivity contribution in [3.8, 4) is 0 Å². The van der Waals surface area contributed by atoms with E-state index in [1.54, 1.807) is 17.3 Å². The summed E-state index contributed by atoms with van der Waals surface area (Å²) in [4.78, 5) is 23.3. The fraction of sp³-hybridized carbons (Fsp3) is 0.278. The zero-order valence-electron chi connectivity index (χ0n) is 13.6. The molecule has 0 N–H and O–H groups in total. The summed E-state index contributed by atoms with van der Waals surface area (Å²) in [5.74, 6) is 0.461. The molecule has 0 unspecified atom stereocenters. The lowest BCUT2D eigenvalue weighted by molar-refractivity contribution is 0.0790. The summed E-state index contributed by atoms with van der Waals surface area (Å²) in [6.07, 6.45) is 4.36. The van der Waals surface area contributed by atoms with E-state index in [9.17, 15) is 9.18 Å². The van der Waals surface area contributed by atoms with E-state index in [0.29, 0.717) is 18.7 Å². The summed E-state index contributed by atoms with van der Waals surface area (Å²) in [5, 5.41) is -0.0375. The van der Waals surface area contributed by atoms with Gasteiger partial charge in [-0.3, -0.25) is 9.78 Å². The molecule has 7 heteroatoms. The van der Waals surface area contributed by atoms with Crippen LogP contribution in [0.3, 0.4) is 0 Å². The highest BCUT2D eigenvalue weighted by Crippen LogP contribution is 2.30. The first-order valence-electron chi connectivity index (χ1n) is 8.05. The Morgan fingerprint density at radius 3 is 2.96 bits per heavy atom. The average Bonchev–Trinajstić information content (AvgIpc) is 3.22. The molecule has 1 fully saturated rings. The van der Waals surface area contributed by atoms with Crippen LogP contribution in [0.1, 0.15) is 28.5 Å². The lowest BCUT2D eigenvalue weighted by Gasteiger charge is -2.17. The van der Waals surface area contributed by atoms with Gasteiger partial charge in [-0.05, 0) is 30.7 Å². The van der Waals surface area contributed by atoms with Crippen molar-refractivity contribution in [2.75, 3.05) is 13.1 Å². The van der Waals surface area contributed by atoms with E-state index in [1.165, 1.54) is 18.2 Å². The van der Waals surface area contributed by atoms with Crippen LogP contribution in [0.25, 0.3) is 11.0 Å². The first-order valence-corrected chi connectivity index (χ1v) is 8.43. The van der Waals surface area contributed by atoms with Gasteiger partial charge in [0.05, 0.1) is 22.3 Å². The van der Waals surface area contributed by atoms with Gasteiger partial charge in [-0.2, -0.15) is 0 Å². The molecular formula is C18H16ClFN4O. The highest BCUT2D eigenvalue weighted by molar-refractivity contribution is 6.31. The molecule has 4 rings (SSSR count). The molecular weight excluding hydrogens is 343 g/mol. The number of benzene rings is 1. The SMILES string of the molecule is Cn1c([C@H]2CCN(C(=O)c3ccc(F)c(Cl)c3)C2)nc2ccncc21. The second kappa shape index (κ2) is 6.11. The number of hydrogen-bond donors (Lipinski definition) is 0. The topological polar surface area (TPSA) is 51.0 Å². The van der Waals surface area contributed by atoms with E-state index < -0.39 is 5.82 Å². The number of fused-ring (bicyclic) bond motifs is 1. The zero-order valence-corrected chi connectivity index (χ0v) is 14.4. The number of hydrogen-bond acceptors (Lipinski definition) is 3. The summed E-state index contributed by atoms with van der Waals surface area (Å²) >= 11 is 5.79. The van der Waals surface area contributed by atoms with Crippen LogP contribution in [0.2, 0.25) is 5.02 Å². The molecule has 1 saturated heterocycles. The van der Waals surface area contributed by atoms with Crippen LogP contribution in [-0.2, 0) is 7.05 Å². The largest absolute Gasteiger partial charge is 0.338 e. The van der Waals surface area contributed by atoms with E-state index in [0.717, 1.165) is 23.3 Å². The van der Waals surface area contributed by atoms with Crippen molar-refractivity contribution >= 4 is 28.5 Å². The van der Waals surface area contributed by atoms with Crippen LogP contribution in [0.15, 0.2) is 36.7 Å². The number of rotatable bonds is 2. The van der Waals surface area contributed by atoms with Gasteiger partial charge >= 0.3 is 0 Å². The van der Waals surface area contributed by atoms with E-state index in [2.05, 4.69) is 4.98 Å². The Bertz CT molecular complexity index is 971. The summed E-state index contributed by atoms with van der Waals surface area (Å²) < 4.78 is 15.3. The molecule has 2 aromatic heterocycles. The molecule has 1 amide bonds. The minimum absolute atomic E-state index is 0.0375. The number of aromatic nitrogens is 3. The molecule has 5 nitrogen and oxygen atoms in total. The number of aryl methyl sites for hydroxylation is 1. The van der Waals surface area contributed by atoms with Crippen molar-refractivity contribution in [2.45, 2.75) is 12.3 Å². The van der Waals surface area contributed by atoms with E-state index in [-0.39, 0.29) is 16.8 Å². The Kier molecular flexibility index (Phi) is 3.92. The van der Waals surface area contributed by atoms with Gasteiger partial charge in [-0.1, -0.05) is 11.6 Å². The third-order valence-electron chi connectivity index (χ3n) is 4.72. The molecule has 0 saturated carbocycles. The number of imidazole rings is 1. The van der Waals surface area contributed by atoms with Crippen molar-refractivity contribution in [2.24, 2.45) is 7.05 Å². The fourth-order valence-corrected chi connectivity index (χ4v) is 3.57. The minimum Gasteiger partial charge on any atom is -0.338 e. The zero-order chi connectivity index (χ0) is 17.6. The Hall–Kier alpha value is -2.47. The van der Waals surface area contributed by atoms with Crippen molar-refractivity contribution < 1.29 is 9.18 Å². The van der Waals surface area contributed by atoms with Crippen LogP contribution in [-0.4, -0.2) is 38.4 Å². The number of carbonyl (C=O) groups excluding carboxylic acids is 1. The van der Waals surface area contributed by atoms with Crippen molar-refractivity contribution in [1.82, 2.24) is 19.4 Å². The second-order valence-corrected chi connectivity index (χ2v) is 6.67. The smallest absolute Gasteiger partial charge is 0.253 e. The molecule has 1 atom stereocenters. The number of pyridine rings is 1. The Morgan fingerprint density at radius 2 is 2.20 bits per heavy atom. The third-order valence-corrected chi connectivity index (χ3v) is 5.01. The number of amides is 1.